The monoisotopic (exact) mass is 1680 g/mol. The largest absolute Gasteiger partial charge is 0.480 e. The first-order chi connectivity index (χ1) is 54.2. The highest BCUT2D eigenvalue weighted by Gasteiger charge is 2.63. The van der Waals surface area contributed by atoms with E-state index in [9.17, 15) is 90.0 Å². The summed E-state index contributed by atoms with van der Waals surface area (Å²) in [5.74, 6) is -10.4. The molecule has 32 heteroatoms. The van der Waals surface area contributed by atoms with Crippen molar-refractivity contribution < 1.29 is 118 Å². The molecule has 6 N–H and O–H groups in total. The van der Waals surface area contributed by atoms with Crippen molar-refractivity contribution in [2.24, 2.45) is 58.2 Å². The number of methoxy groups -OCH3 is 3. The minimum atomic E-state index is -3.82. The van der Waals surface area contributed by atoms with Crippen LogP contribution in [0.3, 0.4) is 0 Å². The Hall–Kier alpha value is -6.81. The maximum atomic E-state index is 14.2. The summed E-state index contributed by atoms with van der Waals surface area (Å²) in [5.41, 5.74) is -4.69. The number of fused-ring (bicyclic) bond motifs is 2. The molecule has 0 aromatic rings. The van der Waals surface area contributed by atoms with Gasteiger partial charge in [-0.15, -0.1) is 19.7 Å². The SMILES string of the molecule is C=CCCCC[C@@H](COC)[C@H](CC(=O)OC(C)(C)C)C(=O)N1C[C@H](O)C[C@H]1C(=O)C[C@]1(C(=O)NS(=O)(=O)C2CC2)C[C@H]1C=C.C=CCCCC[C@@H](COC)[C@H](CC(=O)OC(C)(C)C)C(=O)N1C[C@H](O)C[C@H]1C(=O)O.COC[C@@H]1CCCC/C=C\[C@@H]2C[C@@]2(C(=O)NS(=O)(=O)C2CC2)CC(=O)[C@@H]2C[C@@H](O)CN2C(=O)[C@H]1CC(=O)OC(C)(C)C. The Morgan fingerprint density at radius 3 is 1.53 bits per heavy atom. The third-order valence-electron chi connectivity index (χ3n) is 22.8. The molecule has 8 aliphatic rings. The maximum Gasteiger partial charge on any atom is 0.326 e. The lowest BCUT2D eigenvalue weighted by Gasteiger charge is -2.33. The van der Waals surface area contributed by atoms with Crippen molar-refractivity contribution in [3.05, 3.63) is 50.1 Å². The topological polar surface area (TPSA) is 426 Å². The summed E-state index contributed by atoms with van der Waals surface area (Å²) in [5, 5.41) is 39.5. The van der Waals surface area contributed by atoms with Gasteiger partial charge >= 0.3 is 23.9 Å². The van der Waals surface area contributed by atoms with Crippen LogP contribution in [0.15, 0.2) is 50.1 Å². The van der Waals surface area contributed by atoms with E-state index in [0.717, 1.165) is 51.4 Å². The zero-order chi connectivity index (χ0) is 86.6. The molecule has 0 bridgehead atoms. The van der Waals surface area contributed by atoms with Crippen LogP contribution in [-0.4, -0.2) is 241 Å². The number of nitrogens with zero attached hydrogens (tertiary/aromatic N) is 3. The van der Waals surface area contributed by atoms with Gasteiger partial charge in [0.1, 0.15) is 22.8 Å². The second-order valence-corrected chi connectivity index (χ2v) is 40.0. The van der Waals surface area contributed by atoms with Gasteiger partial charge in [-0.05, 0) is 188 Å². The normalized spacial score (nSPS) is 27.6. The van der Waals surface area contributed by atoms with E-state index in [4.69, 9.17) is 28.4 Å². The molecule has 7 fully saturated rings. The molecular weight excluding hydrogens is 1540 g/mol. The average molecular weight is 1680 g/mol. The van der Waals surface area contributed by atoms with E-state index in [1.807, 2.05) is 24.3 Å². The second kappa shape index (κ2) is 42.9. The van der Waals surface area contributed by atoms with Crippen molar-refractivity contribution in [3.63, 3.8) is 0 Å². The number of carbonyl (C=O) groups is 11. The van der Waals surface area contributed by atoms with Crippen LogP contribution in [0.2, 0.25) is 0 Å². The van der Waals surface area contributed by atoms with Crippen LogP contribution >= 0.6 is 0 Å². The van der Waals surface area contributed by atoms with Gasteiger partial charge in [-0.2, -0.15) is 0 Å². The number of hydrogen-bond acceptors (Lipinski definition) is 24. The summed E-state index contributed by atoms with van der Waals surface area (Å²) in [4.78, 5) is 150. The number of carboxylic acids is 1. The number of aliphatic hydroxyl groups excluding tert-OH is 3. The molecule has 4 saturated carbocycles. The van der Waals surface area contributed by atoms with E-state index in [-0.39, 0.29) is 121 Å². The lowest BCUT2D eigenvalue weighted by atomic mass is 9.84. The molecule has 0 aromatic heterocycles. The maximum absolute atomic E-state index is 14.2. The number of ketones is 2. The number of esters is 3. The predicted octanol–water partition coefficient (Wildman–Crippen LogP) is 7.72. The first-order valence-corrected chi connectivity index (χ1v) is 44.3. The summed E-state index contributed by atoms with van der Waals surface area (Å²) in [7, 11) is -3.03. The molecule has 3 saturated heterocycles. The molecule has 0 radical (unpaired) electrons. The molecule has 4 aliphatic carbocycles. The smallest absolute Gasteiger partial charge is 0.326 e. The van der Waals surface area contributed by atoms with Crippen molar-refractivity contribution >= 4 is 85.0 Å². The number of hydrogen-bond donors (Lipinski definition) is 6. The molecule has 0 aromatic carbocycles. The fourth-order valence-electron chi connectivity index (χ4n) is 16.4. The molecule has 4 heterocycles. The number of carbonyl (C=O) groups excluding carboxylic acids is 10. The zero-order valence-electron chi connectivity index (χ0n) is 70.4. The van der Waals surface area contributed by atoms with E-state index in [0.29, 0.717) is 57.8 Å². The number of carboxylic acid groups (broad SMARTS) is 1. The van der Waals surface area contributed by atoms with Crippen LogP contribution in [0, 0.1) is 58.2 Å². The van der Waals surface area contributed by atoms with Crippen LogP contribution in [0.25, 0.3) is 0 Å². The number of allylic oxidation sites excluding steroid dienone is 5. The van der Waals surface area contributed by atoms with Gasteiger partial charge in [0.05, 0.1) is 88.7 Å². The van der Waals surface area contributed by atoms with Gasteiger partial charge in [-0.1, -0.05) is 49.6 Å². The van der Waals surface area contributed by atoms with E-state index < -0.39 is 183 Å². The Kier molecular flexibility index (Phi) is 36.3. The number of ether oxygens (including phenoxy) is 6. The molecule has 4 aliphatic heterocycles. The molecule has 0 spiro atoms. The number of unbranched alkanes of at least 4 members (excludes halogenated alkanes) is 4. The Labute approximate surface area is 686 Å². The number of nitrogens with one attached hydrogen (secondary N) is 2. The fraction of sp³-hybridized carbons (Fsp3) is 0.774. The molecule has 0 unspecified atom stereocenters. The number of likely N-dealkylation sites (tertiary alicyclic amines) is 2. The van der Waals surface area contributed by atoms with Gasteiger partial charge in [-0.25, -0.2) is 21.6 Å². The van der Waals surface area contributed by atoms with Crippen molar-refractivity contribution in [1.82, 2.24) is 24.1 Å². The standard InChI is InChI=1S/C32H50N2O9S.C30H46N2O9S.C22H37NO7/c1-7-9-10-11-12-21(20-42-6)25(16-28(37)43-31(3,4)5)29(38)34-19-23(35)15-26(34)27(36)18-32(17-22(32)8-2)30(39)33-44(40,41)24-13-14-24;1-29(2,3)41-26(35)14-23-19(18-40-4)9-7-5-6-8-10-20-15-30(20,28(37)31-42(38,39)22-11-12-22)16-25(34)24-13-21(33)17-32(24)27(23)36;1-6-7-8-9-10-15(14-29-5)17(12-19(25)30-22(2,3)4)20(26)23-13-16(24)11-18(23)21(27)28/h7-8,21-26,35H,1-2,9-20H2,3-6H3,(H,33,39);8,10,19-24,33H,5-7,9,11-18H2,1-4H3,(H,31,37);6,15-18,24H,1,7-14H2,2-5H3,(H,27,28)/b;10-8-;/t21-,22+,23+,25-,26-,32+;19-,20+,21+,23-,24-,30+;15-,16+,17-,18-/m000/s1. The van der Waals surface area contributed by atoms with Crippen LogP contribution in [0.1, 0.15) is 229 Å². The Balaban J connectivity index is 0.000000276. The summed E-state index contributed by atoms with van der Waals surface area (Å²) < 4.78 is 87.3. The van der Waals surface area contributed by atoms with Gasteiger partial charge in [0.2, 0.25) is 49.6 Å². The van der Waals surface area contributed by atoms with Crippen LogP contribution < -0.4 is 9.44 Å². The molecular formula is C84H133N5O25S2. The number of aliphatic carboxylic acids is 1. The minimum Gasteiger partial charge on any atom is -0.480 e. The number of sulfonamides is 2. The van der Waals surface area contributed by atoms with Crippen molar-refractivity contribution in [2.45, 2.75) is 293 Å². The van der Waals surface area contributed by atoms with Crippen molar-refractivity contribution in [1.29, 1.82) is 0 Å². The van der Waals surface area contributed by atoms with Crippen molar-refractivity contribution in [3.8, 4) is 0 Å². The number of β-amino-alcohol motifs (C(OH)–C–C–N with tert-alkyl or cyclic N) is 2. The molecule has 16 atom stereocenters. The predicted molar refractivity (Wildman–Crippen MR) is 430 cm³/mol. The lowest BCUT2D eigenvalue weighted by molar-refractivity contribution is -0.161. The highest BCUT2D eigenvalue weighted by Crippen LogP contribution is 2.58. The number of Topliss-reactive ketones (excluding diaryl/α,β-unsaturated/α-hetero) is 2. The number of aliphatic hydroxyl groups is 3. The number of amides is 5. The first-order valence-electron chi connectivity index (χ1n) is 41.2. The highest BCUT2D eigenvalue weighted by atomic mass is 32.2. The van der Waals surface area contributed by atoms with Gasteiger partial charge in [0.15, 0.2) is 11.6 Å². The average Bonchev–Trinajstić information content (AvgIpc) is 1.58. The Bertz CT molecular complexity index is 3730. The van der Waals surface area contributed by atoms with Gasteiger partial charge in [0.25, 0.3) is 0 Å². The second-order valence-electron chi connectivity index (χ2n) is 36.0. The van der Waals surface area contributed by atoms with Crippen LogP contribution in [0.4, 0.5) is 0 Å². The molecule has 30 nitrogen and oxygen atoms in total. The van der Waals surface area contributed by atoms with Crippen LogP contribution in [0.5, 0.6) is 0 Å². The van der Waals surface area contributed by atoms with E-state index in [2.05, 4.69) is 29.2 Å². The van der Waals surface area contributed by atoms with Crippen LogP contribution in [-0.2, 0) is 101 Å². The fourth-order valence-corrected chi connectivity index (χ4v) is 19.2. The lowest BCUT2D eigenvalue weighted by Crippen LogP contribution is -2.48. The number of rotatable bonds is 37. The van der Waals surface area contributed by atoms with Gasteiger partial charge in [-0.3, -0.25) is 57.4 Å². The van der Waals surface area contributed by atoms with E-state index in [1.165, 1.54) is 28.9 Å². The molecule has 5 amide bonds. The summed E-state index contributed by atoms with van der Waals surface area (Å²) >= 11 is 0. The molecule has 116 heavy (non-hydrogen) atoms. The summed E-state index contributed by atoms with van der Waals surface area (Å²) in [6.45, 7) is 27.4. The third-order valence-corrected chi connectivity index (χ3v) is 26.4. The van der Waals surface area contributed by atoms with E-state index in [1.54, 1.807) is 75.5 Å². The van der Waals surface area contributed by atoms with Gasteiger partial charge in [0, 0.05) is 92.9 Å². The molecule has 656 valence electrons. The molecule has 8 rings (SSSR count). The highest BCUT2D eigenvalue weighted by molar-refractivity contribution is 7.91. The Morgan fingerprint density at radius 1 is 0.612 bits per heavy atom. The zero-order valence-corrected chi connectivity index (χ0v) is 72.0. The summed E-state index contributed by atoms with van der Waals surface area (Å²) in [6, 6.07) is -3.12. The van der Waals surface area contributed by atoms with Crippen molar-refractivity contribution in [2.75, 3.05) is 60.8 Å². The first kappa shape index (κ1) is 98.0. The Morgan fingerprint density at radius 2 is 1.09 bits per heavy atom. The minimum absolute atomic E-state index is 0.0112. The third kappa shape index (κ3) is 29.0. The quantitative estimate of drug-likeness (QED) is 0.0150. The van der Waals surface area contributed by atoms with E-state index >= 15 is 0 Å². The summed E-state index contributed by atoms with van der Waals surface area (Å²) in [6.07, 6.45) is 16.8. The van der Waals surface area contributed by atoms with Gasteiger partial charge < -0.3 is 63.5 Å².